The van der Waals surface area contributed by atoms with Crippen LogP contribution in [0.25, 0.3) is 0 Å². The van der Waals surface area contributed by atoms with Crippen molar-refractivity contribution in [3.63, 3.8) is 0 Å². The van der Waals surface area contributed by atoms with Crippen LogP contribution in [0, 0.1) is 5.92 Å². The van der Waals surface area contributed by atoms with Crippen LogP contribution in [0.1, 0.15) is 32.3 Å². The molecule has 0 heterocycles. The van der Waals surface area contributed by atoms with E-state index in [1.165, 1.54) is 11.1 Å². The molecule has 0 radical (unpaired) electrons. The van der Waals surface area contributed by atoms with Crippen molar-refractivity contribution in [2.24, 2.45) is 5.92 Å². The number of allylic oxidation sites excluding steroid dienone is 3. The molecule has 0 fully saturated rings. The topological polar surface area (TPSA) is 26.3 Å². The van der Waals surface area contributed by atoms with Gasteiger partial charge in [0, 0.05) is 0 Å². The van der Waals surface area contributed by atoms with Crippen LogP contribution in [0.3, 0.4) is 0 Å². The van der Waals surface area contributed by atoms with Crippen LogP contribution >= 0.6 is 0 Å². The summed E-state index contributed by atoms with van der Waals surface area (Å²) in [6, 6.07) is 9.67. The molecule has 0 saturated heterocycles. The molecule has 1 aliphatic rings. The van der Waals surface area contributed by atoms with Gasteiger partial charge in [0.05, 0.1) is 12.7 Å². The maximum atomic E-state index is 11.7. The largest absolute Gasteiger partial charge is 0.434 e. The van der Waals surface area contributed by atoms with Gasteiger partial charge in [-0.15, -0.1) is 0 Å². The summed E-state index contributed by atoms with van der Waals surface area (Å²) in [6.07, 6.45) is 6.27. The zero-order valence-electron chi connectivity index (χ0n) is 11.6. The second kappa shape index (κ2) is 6.37. The van der Waals surface area contributed by atoms with E-state index in [1.807, 2.05) is 30.3 Å². The van der Waals surface area contributed by atoms with Crippen LogP contribution in [0.5, 0.6) is 0 Å². The molecule has 0 saturated carbocycles. The minimum atomic E-state index is -0.197. The lowest BCUT2D eigenvalue weighted by atomic mass is 9.88. The summed E-state index contributed by atoms with van der Waals surface area (Å²) in [6.45, 7) is 4.29. The summed E-state index contributed by atoms with van der Waals surface area (Å²) in [4.78, 5) is 11.7. The number of hydrogen-bond acceptors (Lipinski definition) is 2. The third-order valence-electron chi connectivity index (χ3n) is 3.46. The van der Waals surface area contributed by atoms with Crippen molar-refractivity contribution in [1.29, 1.82) is 0 Å². The molecule has 2 nitrogen and oxygen atoms in total. The fourth-order valence-corrected chi connectivity index (χ4v) is 2.30. The number of hydrogen-bond donors (Lipinski definition) is 0. The number of rotatable bonds is 3. The predicted octanol–water partition coefficient (Wildman–Crippen LogP) is 4.03. The van der Waals surface area contributed by atoms with Gasteiger partial charge in [0.15, 0.2) is 0 Å². The van der Waals surface area contributed by atoms with Gasteiger partial charge in [-0.2, -0.15) is 0 Å². The highest BCUT2D eigenvalue weighted by Crippen LogP contribution is 2.27. The first kappa shape index (κ1) is 13.6. The standard InChI is InChI=1S/C17H20O2/c1-13-8-9-16(14(2)10-13)12-19-17(18)11-15-6-4-3-5-7-15/h3-7,10,12,14H,8-9,11H2,1-2H3. The van der Waals surface area contributed by atoms with E-state index in [1.54, 1.807) is 6.26 Å². The van der Waals surface area contributed by atoms with Crippen LogP contribution in [0.15, 0.2) is 53.8 Å². The summed E-state index contributed by atoms with van der Waals surface area (Å²) in [7, 11) is 0. The first-order chi connectivity index (χ1) is 9.15. The lowest BCUT2D eigenvalue weighted by molar-refractivity contribution is -0.137. The van der Waals surface area contributed by atoms with Crippen LogP contribution < -0.4 is 0 Å². The van der Waals surface area contributed by atoms with Gasteiger partial charge in [0.25, 0.3) is 0 Å². The van der Waals surface area contributed by atoms with E-state index in [0.717, 1.165) is 18.4 Å². The minimum Gasteiger partial charge on any atom is -0.434 e. The predicted molar refractivity (Wildman–Crippen MR) is 76.5 cm³/mol. The molecule has 1 aromatic carbocycles. The first-order valence-corrected chi connectivity index (χ1v) is 6.75. The molecule has 0 amide bonds. The molecule has 100 valence electrons. The quantitative estimate of drug-likeness (QED) is 0.463. The molecule has 0 spiro atoms. The Morgan fingerprint density at radius 3 is 2.74 bits per heavy atom. The van der Waals surface area contributed by atoms with E-state index in [-0.39, 0.29) is 5.97 Å². The Morgan fingerprint density at radius 2 is 2.05 bits per heavy atom. The maximum Gasteiger partial charge on any atom is 0.315 e. The molecule has 2 rings (SSSR count). The fourth-order valence-electron chi connectivity index (χ4n) is 2.30. The molecule has 1 atom stereocenters. The lowest BCUT2D eigenvalue weighted by Gasteiger charge is -2.19. The van der Waals surface area contributed by atoms with Crippen LogP contribution in [-0.2, 0) is 16.0 Å². The van der Waals surface area contributed by atoms with Crippen molar-refractivity contribution in [3.8, 4) is 0 Å². The monoisotopic (exact) mass is 256 g/mol. The van der Waals surface area contributed by atoms with E-state index in [9.17, 15) is 4.79 Å². The van der Waals surface area contributed by atoms with Crippen molar-refractivity contribution in [2.75, 3.05) is 0 Å². The molecule has 2 heteroatoms. The van der Waals surface area contributed by atoms with Gasteiger partial charge in [-0.1, -0.05) is 48.9 Å². The highest BCUT2D eigenvalue weighted by Gasteiger charge is 2.13. The Kier molecular flexibility index (Phi) is 4.56. The second-order valence-electron chi connectivity index (χ2n) is 5.15. The van der Waals surface area contributed by atoms with E-state index in [2.05, 4.69) is 19.9 Å². The van der Waals surface area contributed by atoms with Crippen LogP contribution in [0.4, 0.5) is 0 Å². The number of carbonyl (C=O) groups is 1. The van der Waals surface area contributed by atoms with E-state index in [4.69, 9.17) is 4.74 Å². The van der Waals surface area contributed by atoms with Crippen molar-refractivity contribution >= 4 is 5.97 Å². The molecular weight excluding hydrogens is 236 g/mol. The molecular formula is C17H20O2. The zero-order chi connectivity index (χ0) is 13.7. The van der Waals surface area contributed by atoms with Crippen LogP contribution in [-0.4, -0.2) is 5.97 Å². The minimum absolute atomic E-state index is 0.197. The molecule has 1 unspecified atom stereocenters. The SMILES string of the molecule is CC1=CC(C)C(=COC(=O)Cc2ccccc2)CC1. The summed E-state index contributed by atoms with van der Waals surface area (Å²) in [5, 5.41) is 0. The third-order valence-corrected chi connectivity index (χ3v) is 3.46. The number of ether oxygens (including phenoxy) is 1. The molecule has 0 aromatic heterocycles. The molecule has 0 bridgehead atoms. The Bertz CT molecular complexity index is 497. The highest BCUT2D eigenvalue weighted by molar-refractivity contribution is 5.73. The first-order valence-electron chi connectivity index (χ1n) is 6.75. The molecule has 0 aliphatic heterocycles. The van der Waals surface area contributed by atoms with E-state index < -0.39 is 0 Å². The van der Waals surface area contributed by atoms with Gasteiger partial charge >= 0.3 is 5.97 Å². The number of esters is 1. The summed E-state index contributed by atoms with van der Waals surface area (Å²) in [5.74, 6) is 0.176. The number of carbonyl (C=O) groups excluding carboxylic acids is 1. The van der Waals surface area contributed by atoms with Crippen molar-refractivity contribution in [3.05, 3.63) is 59.4 Å². The second-order valence-corrected chi connectivity index (χ2v) is 5.15. The average Bonchev–Trinajstić information content (AvgIpc) is 2.39. The Morgan fingerprint density at radius 1 is 1.32 bits per heavy atom. The number of benzene rings is 1. The van der Waals surface area contributed by atoms with Crippen molar-refractivity contribution < 1.29 is 9.53 Å². The fraction of sp³-hybridized carbons (Fsp3) is 0.353. The van der Waals surface area contributed by atoms with Gasteiger partial charge in [-0.3, -0.25) is 4.79 Å². The summed E-state index contributed by atoms with van der Waals surface area (Å²) >= 11 is 0. The summed E-state index contributed by atoms with van der Waals surface area (Å²) in [5.41, 5.74) is 3.60. The maximum absolute atomic E-state index is 11.7. The highest BCUT2D eigenvalue weighted by atomic mass is 16.5. The van der Waals surface area contributed by atoms with E-state index in [0.29, 0.717) is 12.3 Å². The Hall–Kier alpha value is -1.83. The van der Waals surface area contributed by atoms with Gasteiger partial charge in [-0.05, 0) is 36.8 Å². The molecule has 19 heavy (non-hydrogen) atoms. The smallest absolute Gasteiger partial charge is 0.315 e. The lowest BCUT2D eigenvalue weighted by Crippen LogP contribution is -2.08. The summed E-state index contributed by atoms with van der Waals surface area (Å²) < 4.78 is 5.26. The van der Waals surface area contributed by atoms with Crippen molar-refractivity contribution in [2.45, 2.75) is 33.1 Å². The van der Waals surface area contributed by atoms with Gasteiger partial charge in [0.2, 0.25) is 0 Å². The van der Waals surface area contributed by atoms with E-state index >= 15 is 0 Å². The Balaban J connectivity index is 1.90. The molecule has 1 aliphatic carbocycles. The van der Waals surface area contributed by atoms with Crippen LogP contribution in [0.2, 0.25) is 0 Å². The normalized spacial score (nSPS) is 21.1. The zero-order valence-corrected chi connectivity index (χ0v) is 11.6. The Labute approximate surface area is 114 Å². The van der Waals surface area contributed by atoms with Crippen molar-refractivity contribution in [1.82, 2.24) is 0 Å². The molecule has 1 aromatic rings. The van der Waals surface area contributed by atoms with Gasteiger partial charge < -0.3 is 4.74 Å². The molecule has 0 N–H and O–H groups in total. The average molecular weight is 256 g/mol. The van der Waals surface area contributed by atoms with Gasteiger partial charge in [0.1, 0.15) is 0 Å². The third kappa shape index (κ3) is 4.09. The van der Waals surface area contributed by atoms with Gasteiger partial charge in [-0.25, -0.2) is 0 Å².